The van der Waals surface area contributed by atoms with E-state index in [1.807, 2.05) is 0 Å². The first-order valence-corrected chi connectivity index (χ1v) is 20.1. The minimum absolute atomic E-state index is 0.106. The minimum Gasteiger partial charge on any atom is -0.462 e. The summed E-state index contributed by atoms with van der Waals surface area (Å²) in [6.45, 7) is 3.83. The summed E-state index contributed by atoms with van der Waals surface area (Å²) in [5.41, 5.74) is 0. The molecule has 52 heavy (non-hydrogen) atoms. The van der Waals surface area contributed by atoms with Crippen molar-refractivity contribution in [1.82, 2.24) is 0 Å². The van der Waals surface area contributed by atoms with E-state index in [0.717, 1.165) is 116 Å². The van der Waals surface area contributed by atoms with E-state index in [9.17, 15) is 14.7 Å². The summed E-state index contributed by atoms with van der Waals surface area (Å²) in [7, 11) is 0. The lowest BCUT2D eigenvalue weighted by molar-refractivity contribution is -0.161. The molecule has 0 saturated carbocycles. The maximum atomic E-state index is 12.2. The van der Waals surface area contributed by atoms with E-state index in [-0.39, 0.29) is 25.2 Å². The zero-order valence-electron chi connectivity index (χ0n) is 32.8. The van der Waals surface area contributed by atoms with Gasteiger partial charge >= 0.3 is 11.9 Å². The average molecular weight is 717 g/mol. The summed E-state index contributed by atoms with van der Waals surface area (Å²) in [5.74, 6) is -0.681. The highest BCUT2D eigenvalue weighted by molar-refractivity contribution is 5.70. The Kier molecular flexibility index (Phi) is 38.8. The first-order chi connectivity index (χ1) is 25.6. The molecule has 1 N–H and O–H groups in total. The SMILES string of the molecule is CCC=CCC=CCC=CCC=CCC=CCCCCCC(=O)OC[C@H](CO)OC(=O)CCCCCC=CCC=CCC=CCC=CCC=CCC. The molecule has 1 atom stereocenters. The van der Waals surface area contributed by atoms with Gasteiger partial charge in [-0.1, -0.05) is 148 Å². The number of hydrogen-bond acceptors (Lipinski definition) is 5. The average Bonchev–Trinajstić information content (AvgIpc) is 3.15. The molecule has 0 unspecified atom stereocenters. The second kappa shape index (κ2) is 41.7. The number of hydrogen-bond donors (Lipinski definition) is 1. The third kappa shape index (κ3) is 39.1. The highest BCUT2D eigenvalue weighted by atomic mass is 16.6. The molecule has 0 spiro atoms. The maximum absolute atomic E-state index is 12.2. The molecule has 0 rings (SSSR count). The summed E-state index contributed by atoms with van der Waals surface area (Å²) in [6.07, 6.45) is 61.1. The van der Waals surface area contributed by atoms with E-state index in [1.54, 1.807) is 0 Å². The van der Waals surface area contributed by atoms with Crippen molar-refractivity contribution in [3.8, 4) is 0 Å². The number of unbranched alkanes of at least 4 members (excludes halogenated alkanes) is 6. The molecule has 0 aliphatic carbocycles. The van der Waals surface area contributed by atoms with Crippen molar-refractivity contribution >= 4 is 11.9 Å². The van der Waals surface area contributed by atoms with E-state index >= 15 is 0 Å². The fraction of sp³-hybridized carbons (Fsp3) is 0.532. The molecule has 0 aliphatic rings. The maximum Gasteiger partial charge on any atom is 0.306 e. The molecule has 0 saturated heterocycles. The molecule has 0 heterocycles. The van der Waals surface area contributed by atoms with Crippen LogP contribution in [0.25, 0.3) is 0 Å². The standard InChI is InChI=1S/C47H72O5/c1-3-5-7-9-11-13-15-17-19-21-23-25-27-29-31-33-35-37-39-41-46(49)51-44-45(43-48)52-47(50)42-40-38-36-34-32-30-28-26-24-22-20-18-16-14-12-10-8-6-4-2/h5-8,11-14,17-20,23-26,29-32,45,48H,3-4,9-10,15-16,21-22,27-28,33-44H2,1-2H3/t45-/m0/s1. The van der Waals surface area contributed by atoms with Gasteiger partial charge < -0.3 is 14.6 Å². The van der Waals surface area contributed by atoms with Crippen LogP contribution >= 0.6 is 0 Å². The Labute approximate surface area is 318 Å². The molecular formula is C47H72O5. The first kappa shape index (κ1) is 48.3. The van der Waals surface area contributed by atoms with Crippen LogP contribution < -0.4 is 0 Å². The van der Waals surface area contributed by atoms with E-state index in [4.69, 9.17) is 9.47 Å². The van der Waals surface area contributed by atoms with Gasteiger partial charge in [0.25, 0.3) is 0 Å². The third-order valence-electron chi connectivity index (χ3n) is 7.75. The van der Waals surface area contributed by atoms with Crippen LogP contribution in [-0.2, 0) is 19.1 Å². The fourth-order valence-electron chi connectivity index (χ4n) is 4.78. The second-order valence-corrected chi connectivity index (χ2v) is 12.6. The van der Waals surface area contributed by atoms with Gasteiger partial charge in [-0.05, 0) is 103 Å². The monoisotopic (exact) mass is 717 g/mol. The Morgan fingerprint density at radius 1 is 0.442 bits per heavy atom. The van der Waals surface area contributed by atoms with Crippen LogP contribution in [0, 0.1) is 0 Å². The van der Waals surface area contributed by atoms with Crippen molar-refractivity contribution in [2.75, 3.05) is 13.2 Å². The number of carbonyl (C=O) groups is 2. The number of allylic oxidation sites excluding steroid dienone is 20. The molecule has 0 aliphatic heterocycles. The molecule has 0 radical (unpaired) electrons. The zero-order valence-corrected chi connectivity index (χ0v) is 32.8. The van der Waals surface area contributed by atoms with Gasteiger partial charge in [-0.15, -0.1) is 0 Å². The Hall–Kier alpha value is -3.70. The molecule has 0 amide bonds. The molecule has 0 aromatic heterocycles. The van der Waals surface area contributed by atoms with Crippen LogP contribution in [0.15, 0.2) is 122 Å². The number of carbonyl (C=O) groups excluding carboxylic acids is 2. The van der Waals surface area contributed by atoms with Crippen molar-refractivity contribution < 1.29 is 24.2 Å². The summed E-state index contributed by atoms with van der Waals surface area (Å²) < 4.78 is 10.6. The second-order valence-electron chi connectivity index (χ2n) is 12.6. The highest BCUT2D eigenvalue weighted by Crippen LogP contribution is 2.09. The zero-order chi connectivity index (χ0) is 37.8. The van der Waals surface area contributed by atoms with Gasteiger partial charge in [0.1, 0.15) is 6.61 Å². The largest absolute Gasteiger partial charge is 0.462 e. The summed E-state index contributed by atoms with van der Waals surface area (Å²) in [4.78, 5) is 24.3. The minimum atomic E-state index is -0.812. The van der Waals surface area contributed by atoms with E-state index in [1.165, 1.54) is 0 Å². The van der Waals surface area contributed by atoms with E-state index in [0.29, 0.717) is 12.8 Å². The lowest BCUT2D eigenvalue weighted by Gasteiger charge is -2.15. The van der Waals surface area contributed by atoms with Gasteiger partial charge in [0.05, 0.1) is 6.61 Å². The molecule has 0 fully saturated rings. The number of aliphatic hydroxyl groups is 1. The molecule has 0 bridgehead atoms. The van der Waals surface area contributed by atoms with Crippen molar-refractivity contribution in [3.05, 3.63) is 122 Å². The normalized spacial score (nSPS) is 13.5. The predicted octanol–water partition coefficient (Wildman–Crippen LogP) is 12.8. The number of ether oxygens (including phenoxy) is 2. The van der Waals surface area contributed by atoms with Gasteiger partial charge in [-0.25, -0.2) is 0 Å². The number of rotatable bonds is 34. The molecule has 5 heteroatoms. The highest BCUT2D eigenvalue weighted by Gasteiger charge is 2.16. The Balaban J connectivity index is 3.75. The Bertz CT molecular complexity index is 1130. The van der Waals surface area contributed by atoms with Crippen molar-refractivity contribution in [2.24, 2.45) is 0 Å². The van der Waals surface area contributed by atoms with Gasteiger partial charge in [0, 0.05) is 12.8 Å². The van der Waals surface area contributed by atoms with Crippen molar-refractivity contribution in [3.63, 3.8) is 0 Å². The van der Waals surface area contributed by atoms with Gasteiger partial charge in [-0.2, -0.15) is 0 Å². The predicted molar refractivity (Wildman–Crippen MR) is 223 cm³/mol. The van der Waals surface area contributed by atoms with Crippen LogP contribution in [0.1, 0.15) is 142 Å². The summed E-state index contributed by atoms with van der Waals surface area (Å²) in [6, 6.07) is 0. The lowest BCUT2D eigenvalue weighted by Crippen LogP contribution is -2.28. The van der Waals surface area contributed by atoms with Crippen LogP contribution in [-0.4, -0.2) is 36.4 Å². The van der Waals surface area contributed by atoms with Gasteiger partial charge in [-0.3, -0.25) is 9.59 Å². The molecule has 290 valence electrons. The number of aliphatic hydroxyl groups excluding tert-OH is 1. The van der Waals surface area contributed by atoms with Crippen LogP contribution in [0.2, 0.25) is 0 Å². The van der Waals surface area contributed by atoms with Gasteiger partial charge in [0.15, 0.2) is 6.10 Å². The summed E-state index contributed by atoms with van der Waals surface area (Å²) in [5, 5.41) is 9.56. The number of esters is 2. The third-order valence-corrected chi connectivity index (χ3v) is 7.75. The smallest absolute Gasteiger partial charge is 0.306 e. The topological polar surface area (TPSA) is 72.8 Å². The van der Waals surface area contributed by atoms with E-state index in [2.05, 4.69) is 135 Å². The Morgan fingerprint density at radius 3 is 1.12 bits per heavy atom. The van der Waals surface area contributed by atoms with Crippen LogP contribution in [0.5, 0.6) is 0 Å². The van der Waals surface area contributed by atoms with Gasteiger partial charge in [0.2, 0.25) is 0 Å². The van der Waals surface area contributed by atoms with E-state index < -0.39 is 6.10 Å². The lowest BCUT2D eigenvalue weighted by atomic mass is 10.1. The summed E-state index contributed by atoms with van der Waals surface area (Å²) >= 11 is 0. The Morgan fingerprint density at radius 2 is 0.769 bits per heavy atom. The van der Waals surface area contributed by atoms with Crippen LogP contribution in [0.4, 0.5) is 0 Å². The molecular weight excluding hydrogens is 645 g/mol. The van der Waals surface area contributed by atoms with Crippen molar-refractivity contribution in [1.29, 1.82) is 0 Å². The molecule has 0 aromatic rings. The quantitative estimate of drug-likeness (QED) is 0.0408. The fourth-order valence-corrected chi connectivity index (χ4v) is 4.78. The van der Waals surface area contributed by atoms with Crippen LogP contribution in [0.3, 0.4) is 0 Å². The first-order valence-electron chi connectivity index (χ1n) is 20.1. The van der Waals surface area contributed by atoms with Crippen molar-refractivity contribution in [2.45, 2.75) is 148 Å². The molecule has 0 aromatic carbocycles. The molecule has 5 nitrogen and oxygen atoms in total.